The maximum atomic E-state index is 13.6. The molecule has 0 saturated carbocycles. The normalized spacial score (nSPS) is 15.3. The highest BCUT2D eigenvalue weighted by Crippen LogP contribution is 2.30. The molecule has 5 rings (SSSR count). The Hall–Kier alpha value is -4.10. The highest BCUT2D eigenvalue weighted by atomic mass is 32.1. The van der Waals surface area contributed by atoms with Crippen molar-refractivity contribution in [1.82, 2.24) is 9.88 Å². The van der Waals surface area contributed by atoms with E-state index in [9.17, 15) is 14.0 Å². The number of hydrogen-bond acceptors (Lipinski definition) is 3. The van der Waals surface area contributed by atoms with Gasteiger partial charge in [0.25, 0.3) is 11.8 Å². The number of hydrogen-bond donors (Lipinski definition) is 1. The molecular formula is C27H20FN3O2S. The highest BCUT2D eigenvalue weighted by Gasteiger charge is 2.35. The molecule has 4 aromatic rings. The Morgan fingerprint density at radius 2 is 1.65 bits per heavy atom. The number of nitrogens with one attached hydrogen (secondary N) is 1. The average molecular weight is 470 g/mol. The monoisotopic (exact) mass is 469 g/mol. The summed E-state index contributed by atoms with van der Waals surface area (Å²) in [6, 6.07) is 21.4. The second-order valence-electron chi connectivity index (χ2n) is 8.09. The molecular weight excluding hydrogens is 449 g/mol. The molecule has 34 heavy (non-hydrogen) atoms. The van der Waals surface area contributed by atoms with Crippen molar-refractivity contribution in [3.63, 3.8) is 0 Å². The molecule has 1 aliphatic heterocycles. The Kier molecular flexibility index (Phi) is 5.34. The number of amides is 2. The summed E-state index contributed by atoms with van der Waals surface area (Å²) in [6.07, 6.45) is 1.58. The van der Waals surface area contributed by atoms with E-state index in [1.54, 1.807) is 18.2 Å². The van der Waals surface area contributed by atoms with Gasteiger partial charge in [0, 0.05) is 22.5 Å². The van der Waals surface area contributed by atoms with Crippen molar-refractivity contribution in [2.24, 2.45) is 0 Å². The summed E-state index contributed by atoms with van der Waals surface area (Å²) < 4.78 is 15.3. The van der Waals surface area contributed by atoms with E-state index in [-0.39, 0.29) is 16.5 Å². The van der Waals surface area contributed by atoms with Crippen LogP contribution in [0.3, 0.4) is 0 Å². The van der Waals surface area contributed by atoms with Crippen molar-refractivity contribution in [2.75, 3.05) is 4.90 Å². The Labute approximate surface area is 201 Å². The maximum absolute atomic E-state index is 13.6. The molecule has 0 bridgehead atoms. The van der Waals surface area contributed by atoms with E-state index in [0.717, 1.165) is 27.8 Å². The average Bonchev–Trinajstić information content (AvgIpc) is 3.10. The zero-order chi connectivity index (χ0) is 24.0. The molecule has 1 fully saturated rings. The molecule has 168 valence electrons. The van der Waals surface area contributed by atoms with Crippen LogP contribution in [0.25, 0.3) is 22.5 Å². The molecule has 0 atom stereocenters. The Morgan fingerprint density at radius 3 is 2.41 bits per heavy atom. The summed E-state index contributed by atoms with van der Waals surface area (Å²) in [5.41, 5.74) is 3.81. The third-order valence-corrected chi connectivity index (χ3v) is 6.25. The van der Waals surface area contributed by atoms with Crippen LogP contribution in [0.2, 0.25) is 0 Å². The standard InChI is InChI=1S/C27H20FN3O2S/c1-16-14-19(17(2)30(16)21-12-10-20(28)11-13-21)15-23-25(32)29-27(34)31(26(23)33)24-9-5-7-18-6-3-4-8-22(18)24/h3-15H,1-2H3,(H,29,32,34). The smallest absolute Gasteiger partial charge is 0.270 e. The first-order valence-corrected chi connectivity index (χ1v) is 11.1. The molecule has 3 aromatic carbocycles. The first-order valence-electron chi connectivity index (χ1n) is 10.7. The summed E-state index contributed by atoms with van der Waals surface area (Å²) >= 11 is 5.38. The number of aryl methyl sites for hydroxylation is 1. The number of benzene rings is 3. The quantitative estimate of drug-likeness (QED) is 0.254. The number of thiocarbonyl (C=S) groups is 1. The molecule has 1 aromatic heterocycles. The van der Waals surface area contributed by atoms with E-state index in [1.807, 2.05) is 66.9 Å². The molecule has 0 radical (unpaired) electrons. The lowest BCUT2D eigenvalue weighted by molar-refractivity contribution is -0.122. The predicted octanol–water partition coefficient (Wildman–Crippen LogP) is 5.22. The van der Waals surface area contributed by atoms with Crippen LogP contribution in [-0.2, 0) is 9.59 Å². The second kappa shape index (κ2) is 8.35. The highest BCUT2D eigenvalue weighted by molar-refractivity contribution is 7.80. The molecule has 0 spiro atoms. The summed E-state index contributed by atoms with van der Waals surface area (Å²) in [7, 11) is 0. The fourth-order valence-corrected chi connectivity index (χ4v) is 4.63. The summed E-state index contributed by atoms with van der Waals surface area (Å²) in [5, 5.41) is 4.51. The first kappa shape index (κ1) is 21.7. The van der Waals surface area contributed by atoms with Gasteiger partial charge in [-0.05, 0) is 79.5 Å². The second-order valence-corrected chi connectivity index (χ2v) is 8.48. The largest absolute Gasteiger partial charge is 0.318 e. The number of carbonyl (C=O) groups is 2. The Bertz CT molecular complexity index is 1510. The van der Waals surface area contributed by atoms with E-state index < -0.39 is 11.8 Å². The van der Waals surface area contributed by atoms with E-state index in [1.165, 1.54) is 17.0 Å². The van der Waals surface area contributed by atoms with Crippen LogP contribution in [0.15, 0.2) is 78.4 Å². The van der Waals surface area contributed by atoms with Gasteiger partial charge in [0.1, 0.15) is 11.4 Å². The summed E-state index contributed by atoms with van der Waals surface area (Å²) in [6.45, 7) is 3.81. The van der Waals surface area contributed by atoms with E-state index >= 15 is 0 Å². The van der Waals surface area contributed by atoms with Crippen molar-refractivity contribution in [2.45, 2.75) is 13.8 Å². The molecule has 0 unspecified atom stereocenters. The molecule has 1 N–H and O–H groups in total. The van der Waals surface area contributed by atoms with Crippen LogP contribution in [0.5, 0.6) is 0 Å². The molecule has 2 heterocycles. The van der Waals surface area contributed by atoms with Gasteiger partial charge in [0.05, 0.1) is 5.69 Å². The van der Waals surface area contributed by atoms with Crippen LogP contribution < -0.4 is 10.2 Å². The van der Waals surface area contributed by atoms with Gasteiger partial charge < -0.3 is 4.57 Å². The minimum absolute atomic E-state index is 0.0131. The summed E-state index contributed by atoms with van der Waals surface area (Å²) in [5.74, 6) is -1.35. The minimum atomic E-state index is -0.543. The van der Waals surface area contributed by atoms with Gasteiger partial charge in [-0.15, -0.1) is 0 Å². The minimum Gasteiger partial charge on any atom is -0.318 e. The molecule has 7 heteroatoms. The van der Waals surface area contributed by atoms with Gasteiger partial charge in [-0.1, -0.05) is 36.4 Å². The lowest BCUT2D eigenvalue weighted by Crippen LogP contribution is -2.54. The number of anilines is 1. The molecule has 2 amide bonds. The molecule has 1 aliphatic rings. The van der Waals surface area contributed by atoms with Gasteiger partial charge in [0.2, 0.25) is 0 Å². The SMILES string of the molecule is Cc1cc(C=C2C(=O)NC(=S)N(c3cccc4ccccc34)C2=O)c(C)n1-c1ccc(F)cc1. The predicted molar refractivity (Wildman–Crippen MR) is 135 cm³/mol. The van der Waals surface area contributed by atoms with Crippen molar-refractivity contribution in [3.8, 4) is 5.69 Å². The third-order valence-electron chi connectivity index (χ3n) is 5.96. The van der Waals surface area contributed by atoms with Crippen molar-refractivity contribution < 1.29 is 14.0 Å². The lowest BCUT2D eigenvalue weighted by Gasteiger charge is -2.29. The van der Waals surface area contributed by atoms with Gasteiger partial charge >= 0.3 is 0 Å². The van der Waals surface area contributed by atoms with Crippen LogP contribution >= 0.6 is 12.2 Å². The topological polar surface area (TPSA) is 54.3 Å². The van der Waals surface area contributed by atoms with Gasteiger partial charge in [-0.2, -0.15) is 0 Å². The van der Waals surface area contributed by atoms with Gasteiger partial charge in [-0.3, -0.25) is 19.8 Å². The van der Waals surface area contributed by atoms with Crippen LogP contribution in [0.4, 0.5) is 10.1 Å². The van der Waals surface area contributed by atoms with Gasteiger partial charge in [-0.25, -0.2) is 4.39 Å². The zero-order valence-corrected chi connectivity index (χ0v) is 19.3. The van der Waals surface area contributed by atoms with E-state index in [2.05, 4.69) is 5.32 Å². The number of halogens is 1. The number of rotatable bonds is 3. The number of aromatic nitrogens is 1. The van der Waals surface area contributed by atoms with E-state index in [0.29, 0.717) is 11.3 Å². The number of carbonyl (C=O) groups excluding carboxylic acids is 2. The lowest BCUT2D eigenvalue weighted by atomic mass is 10.0. The van der Waals surface area contributed by atoms with Crippen LogP contribution in [0.1, 0.15) is 17.0 Å². The van der Waals surface area contributed by atoms with Crippen molar-refractivity contribution in [1.29, 1.82) is 0 Å². The molecule has 5 nitrogen and oxygen atoms in total. The van der Waals surface area contributed by atoms with Crippen LogP contribution in [0, 0.1) is 19.7 Å². The first-order chi connectivity index (χ1) is 16.3. The van der Waals surface area contributed by atoms with Crippen molar-refractivity contribution >= 4 is 51.7 Å². The zero-order valence-electron chi connectivity index (χ0n) is 18.5. The fourth-order valence-electron chi connectivity index (χ4n) is 4.36. The van der Waals surface area contributed by atoms with Gasteiger partial charge in [0.15, 0.2) is 5.11 Å². The van der Waals surface area contributed by atoms with Crippen molar-refractivity contribution in [3.05, 3.63) is 101 Å². The fraction of sp³-hybridized carbons (Fsp3) is 0.0741. The molecule has 1 saturated heterocycles. The third kappa shape index (κ3) is 3.60. The Morgan fingerprint density at radius 1 is 0.941 bits per heavy atom. The Balaban J connectivity index is 1.59. The van der Waals surface area contributed by atoms with E-state index in [4.69, 9.17) is 12.2 Å². The van der Waals surface area contributed by atoms with Crippen LogP contribution in [-0.4, -0.2) is 21.5 Å². The summed E-state index contributed by atoms with van der Waals surface area (Å²) in [4.78, 5) is 27.7. The molecule has 0 aliphatic carbocycles. The number of nitrogens with zero attached hydrogens (tertiary/aromatic N) is 2. The maximum Gasteiger partial charge on any atom is 0.270 e. The number of fused-ring (bicyclic) bond motifs is 1.